The van der Waals surface area contributed by atoms with Crippen LogP contribution in [0, 0.1) is 0 Å². The molecule has 0 bridgehead atoms. The Labute approximate surface area is 160 Å². The van der Waals surface area contributed by atoms with E-state index in [1.807, 2.05) is 6.07 Å². The third kappa shape index (κ3) is 2.79. The highest BCUT2D eigenvalue weighted by Gasteiger charge is 2.16. The summed E-state index contributed by atoms with van der Waals surface area (Å²) in [7, 11) is 0. The van der Waals surface area contributed by atoms with Crippen molar-refractivity contribution in [3.8, 4) is 11.1 Å². The van der Waals surface area contributed by atoms with Crippen molar-refractivity contribution < 1.29 is 4.39 Å². The minimum atomic E-state index is -0.527. The Balaban J connectivity index is 2.12. The summed E-state index contributed by atoms with van der Waals surface area (Å²) in [6.45, 7) is 7.17. The van der Waals surface area contributed by atoms with Crippen molar-refractivity contribution in [2.24, 2.45) is 0 Å². The highest BCUT2D eigenvalue weighted by Crippen LogP contribution is 2.35. The minimum absolute atomic E-state index is 0.221. The molecular weight excluding hydrogens is 355 g/mol. The quantitative estimate of drug-likeness (QED) is 0.540. The van der Waals surface area contributed by atoms with Gasteiger partial charge in [0.25, 0.3) is 0 Å². The van der Waals surface area contributed by atoms with E-state index >= 15 is 0 Å². The van der Waals surface area contributed by atoms with Gasteiger partial charge in [-0.05, 0) is 23.6 Å². The number of allylic oxidation sites excluding steroid dienone is 4. The molecule has 2 N–H and O–H groups in total. The van der Waals surface area contributed by atoms with Gasteiger partial charge in [-0.3, -0.25) is 9.97 Å². The van der Waals surface area contributed by atoms with E-state index in [9.17, 15) is 4.39 Å². The Hall–Kier alpha value is -4.00. The fraction of sp³-hybridized carbons (Fsp3) is 0. The van der Waals surface area contributed by atoms with Gasteiger partial charge in [-0.25, -0.2) is 19.3 Å². The molecular formula is C21H15FN6. The summed E-state index contributed by atoms with van der Waals surface area (Å²) in [5, 5.41) is 1.56. The zero-order chi connectivity index (χ0) is 19.7. The van der Waals surface area contributed by atoms with E-state index in [4.69, 9.17) is 5.73 Å². The molecule has 0 aliphatic rings. The smallest absolute Gasteiger partial charge is 0.179 e. The van der Waals surface area contributed by atoms with Crippen molar-refractivity contribution in [3.05, 3.63) is 79.9 Å². The second kappa shape index (κ2) is 6.96. The zero-order valence-corrected chi connectivity index (χ0v) is 14.8. The highest BCUT2D eigenvalue weighted by molar-refractivity contribution is 6.05. The van der Waals surface area contributed by atoms with Gasteiger partial charge in [0.2, 0.25) is 0 Å². The number of anilines is 1. The summed E-state index contributed by atoms with van der Waals surface area (Å²) in [5.41, 5.74) is 9.01. The van der Waals surface area contributed by atoms with Crippen molar-refractivity contribution >= 4 is 33.3 Å². The van der Waals surface area contributed by atoms with Crippen LogP contribution < -0.4 is 5.73 Å². The number of halogens is 1. The number of fused-ring (bicyclic) bond motifs is 2. The highest BCUT2D eigenvalue weighted by atomic mass is 19.1. The Bertz CT molecular complexity index is 1280. The van der Waals surface area contributed by atoms with E-state index in [1.54, 1.807) is 30.9 Å². The first-order valence-corrected chi connectivity index (χ1v) is 8.39. The predicted octanol–water partition coefficient (Wildman–Crippen LogP) is 4.27. The lowest BCUT2D eigenvalue weighted by Crippen LogP contribution is -1.99. The topological polar surface area (TPSA) is 90.5 Å². The Morgan fingerprint density at radius 2 is 1.79 bits per heavy atom. The fourth-order valence-corrected chi connectivity index (χ4v) is 3.05. The Morgan fingerprint density at radius 1 is 0.964 bits per heavy atom. The Kier molecular flexibility index (Phi) is 4.33. The van der Waals surface area contributed by atoms with Crippen LogP contribution in [0.5, 0.6) is 0 Å². The molecule has 0 saturated carbocycles. The van der Waals surface area contributed by atoms with Crippen LogP contribution in [0.4, 0.5) is 10.2 Å². The zero-order valence-electron chi connectivity index (χ0n) is 14.8. The van der Waals surface area contributed by atoms with Crippen LogP contribution in [0.2, 0.25) is 0 Å². The van der Waals surface area contributed by atoms with Crippen LogP contribution in [0.15, 0.2) is 74.3 Å². The number of nitrogens with two attached hydrogens (primary N) is 1. The van der Waals surface area contributed by atoms with E-state index in [-0.39, 0.29) is 5.57 Å². The lowest BCUT2D eigenvalue weighted by molar-refractivity contribution is 0.671. The van der Waals surface area contributed by atoms with Gasteiger partial charge in [0.15, 0.2) is 5.65 Å². The van der Waals surface area contributed by atoms with Gasteiger partial charge in [0, 0.05) is 53.1 Å². The van der Waals surface area contributed by atoms with Gasteiger partial charge in [-0.2, -0.15) is 0 Å². The third-order valence-electron chi connectivity index (χ3n) is 4.37. The maximum atomic E-state index is 14.3. The van der Waals surface area contributed by atoms with E-state index in [0.29, 0.717) is 33.6 Å². The normalized spacial score (nSPS) is 12.0. The molecule has 0 aromatic carbocycles. The van der Waals surface area contributed by atoms with E-state index < -0.39 is 5.83 Å². The maximum absolute atomic E-state index is 14.3. The molecule has 4 aromatic rings. The van der Waals surface area contributed by atoms with Gasteiger partial charge in [0.05, 0.1) is 5.69 Å². The molecule has 0 aliphatic carbocycles. The number of hydrogen-bond donors (Lipinski definition) is 1. The van der Waals surface area contributed by atoms with Crippen molar-refractivity contribution in [2.75, 3.05) is 5.73 Å². The van der Waals surface area contributed by atoms with Crippen molar-refractivity contribution in [3.63, 3.8) is 0 Å². The number of pyridine rings is 3. The molecule has 0 spiro atoms. The van der Waals surface area contributed by atoms with Gasteiger partial charge in [-0.15, -0.1) is 0 Å². The van der Waals surface area contributed by atoms with Gasteiger partial charge in [0.1, 0.15) is 17.2 Å². The summed E-state index contributed by atoms with van der Waals surface area (Å²) in [5.74, 6) is -0.151. The van der Waals surface area contributed by atoms with Crippen LogP contribution in [0.25, 0.3) is 38.6 Å². The van der Waals surface area contributed by atoms with Crippen LogP contribution in [-0.2, 0) is 0 Å². The summed E-state index contributed by atoms with van der Waals surface area (Å²) in [4.78, 5) is 21.6. The summed E-state index contributed by atoms with van der Waals surface area (Å²) in [6, 6.07) is 3.59. The number of nitrogen functional groups attached to an aromatic ring is 1. The summed E-state index contributed by atoms with van der Waals surface area (Å²) < 4.78 is 14.3. The molecule has 0 atom stereocenters. The van der Waals surface area contributed by atoms with Crippen LogP contribution in [0.1, 0.15) is 5.69 Å². The predicted molar refractivity (Wildman–Crippen MR) is 109 cm³/mol. The average molecular weight is 370 g/mol. The van der Waals surface area contributed by atoms with E-state index in [2.05, 4.69) is 38.1 Å². The van der Waals surface area contributed by atoms with E-state index in [0.717, 1.165) is 17.0 Å². The number of rotatable bonds is 4. The molecule has 0 unspecified atom stereocenters. The third-order valence-corrected chi connectivity index (χ3v) is 4.37. The first-order valence-electron chi connectivity index (χ1n) is 8.39. The molecule has 136 valence electrons. The van der Waals surface area contributed by atoms with Gasteiger partial charge < -0.3 is 5.73 Å². The summed E-state index contributed by atoms with van der Waals surface area (Å²) >= 11 is 0. The largest absolute Gasteiger partial charge is 0.383 e. The first-order chi connectivity index (χ1) is 13.6. The van der Waals surface area contributed by atoms with Gasteiger partial charge in [-0.1, -0.05) is 19.2 Å². The molecule has 0 aliphatic heterocycles. The maximum Gasteiger partial charge on any atom is 0.179 e. The molecule has 6 nitrogen and oxygen atoms in total. The van der Waals surface area contributed by atoms with Crippen LogP contribution >= 0.6 is 0 Å². The fourth-order valence-electron chi connectivity index (χ4n) is 3.05. The molecule has 4 aromatic heterocycles. The second-order valence-corrected chi connectivity index (χ2v) is 5.93. The standard InChI is InChI=1S/C21H15FN6/c1-3-12(17(22)4-2)18-9-14(19-21(28-18)26-8-7-25-19)15-11-27-20(23)16-10-24-6-5-13(15)16/h3-11H,1-2H2,(H2,23,27)/b17-12-. The van der Waals surface area contributed by atoms with Gasteiger partial charge >= 0.3 is 0 Å². The average Bonchev–Trinajstić information content (AvgIpc) is 2.74. The summed E-state index contributed by atoms with van der Waals surface area (Å²) in [6.07, 6.45) is 10.6. The molecule has 7 heteroatoms. The molecule has 0 saturated heterocycles. The van der Waals surface area contributed by atoms with Crippen LogP contribution in [-0.4, -0.2) is 24.9 Å². The van der Waals surface area contributed by atoms with E-state index in [1.165, 1.54) is 12.3 Å². The number of nitrogens with zero attached hydrogens (tertiary/aromatic N) is 5. The Morgan fingerprint density at radius 3 is 2.57 bits per heavy atom. The molecule has 4 rings (SSSR count). The second-order valence-electron chi connectivity index (χ2n) is 5.93. The monoisotopic (exact) mass is 370 g/mol. The van der Waals surface area contributed by atoms with Crippen molar-refractivity contribution in [1.82, 2.24) is 24.9 Å². The molecule has 0 fully saturated rings. The minimum Gasteiger partial charge on any atom is -0.383 e. The van der Waals surface area contributed by atoms with Crippen molar-refractivity contribution in [2.45, 2.75) is 0 Å². The van der Waals surface area contributed by atoms with Crippen molar-refractivity contribution in [1.29, 1.82) is 0 Å². The molecule has 0 amide bonds. The molecule has 28 heavy (non-hydrogen) atoms. The molecule has 4 heterocycles. The number of aromatic nitrogens is 5. The van der Waals surface area contributed by atoms with Crippen LogP contribution in [0.3, 0.4) is 0 Å². The molecule has 0 radical (unpaired) electrons. The number of hydrogen-bond acceptors (Lipinski definition) is 6. The first kappa shape index (κ1) is 17.4. The lowest BCUT2D eigenvalue weighted by atomic mass is 9.99. The SMILES string of the molecule is C=C/C(F)=C(\C=C)c1cc(-c2cnc(N)c3cnccc23)c2nccnc2n1. The lowest BCUT2D eigenvalue weighted by Gasteiger charge is -2.12.